The fourth-order valence-electron chi connectivity index (χ4n) is 1.18. The lowest BCUT2D eigenvalue weighted by Crippen LogP contribution is -2.47. The van der Waals surface area contributed by atoms with E-state index in [1.807, 2.05) is 13.8 Å². The standard InChI is InChI=1S/C8H16N2.C2H6/c1-2-3-4-8-7-9-5-6-10-8;1-2/h2-3,8-10H,4-7H2,1H3;1-2H3/b3-2-;. The summed E-state index contributed by atoms with van der Waals surface area (Å²) in [5.74, 6) is 0. The quantitative estimate of drug-likeness (QED) is 0.614. The van der Waals surface area contributed by atoms with Crippen molar-refractivity contribution < 1.29 is 0 Å². The molecule has 12 heavy (non-hydrogen) atoms. The van der Waals surface area contributed by atoms with Crippen LogP contribution in [-0.2, 0) is 0 Å². The zero-order chi connectivity index (χ0) is 9.23. The van der Waals surface area contributed by atoms with Crippen LogP contribution in [0.2, 0.25) is 0 Å². The summed E-state index contributed by atoms with van der Waals surface area (Å²) in [5.41, 5.74) is 0. The van der Waals surface area contributed by atoms with Gasteiger partial charge in [0.25, 0.3) is 0 Å². The van der Waals surface area contributed by atoms with E-state index in [2.05, 4.69) is 29.7 Å². The Balaban J connectivity index is 0.000000561. The van der Waals surface area contributed by atoms with Gasteiger partial charge in [0.1, 0.15) is 0 Å². The first-order valence-electron chi connectivity index (χ1n) is 4.98. The second-order valence-electron chi connectivity index (χ2n) is 2.66. The van der Waals surface area contributed by atoms with Crippen LogP contribution in [0.4, 0.5) is 0 Å². The molecule has 0 saturated carbocycles. The Morgan fingerprint density at radius 3 is 2.58 bits per heavy atom. The molecule has 0 radical (unpaired) electrons. The molecule has 0 aromatic carbocycles. The van der Waals surface area contributed by atoms with Gasteiger partial charge in [-0.2, -0.15) is 0 Å². The molecular weight excluding hydrogens is 148 g/mol. The number of hydrogen-bond acceptors (Lipinski definition) is 2. The van der Waals surface area contributed by atoms with Crippen molar-refractivity contribution in [3.63, 3.8) is 0 Å². The Kier molecular flexibility index (Phi) is 8.51. The molecule has 1 saturated heterocycles. The van der Waals surface area contributed by atoms with Crippen molar-refractivity contribution in [1.82, 2.24) is 10.6 Å². The minimum Gasteiger partial charge on any atom is -0.314 e. The van der Waals surface area contributed by atoms with E-state index in [1.54, 1.807) is 0 Å². The van der Waals surface area contributed by atoms with Crippen LogP contribution in [-0.4, -0.2) is 25.7 Å². The molecule has 0 aromatic heterocycles. The summed E-state index contributed by atoms with van der Waals surface area (Å²) in [6, 6.07) is 0.657. The molecule has 72 valence electrons. The Bertz CT molecular complexity index is 104. The zero-order valence-corrected chi connectivity index (χ0v) is 8.56. The summed E-state index contributed by atoms with van der Waals surface area (Å²) in [6.07, 6.45) is 5.48. The SMILES string of the molecule is C/C=C\CC1CNCCN1.CC. The molecule has 0 aromatic rings. The minimum atomic E-state index is 0.657. The summed E-state index contributed by atoms with van der Waals surface area (Å²) < 4.78 is 0. The van der Waals surface area contributed by atoms with Gasteiger partial charge in [0.15, 0.2) is 0 Å². The predicted octanol–water partition coefficient (Wildman–Crippen LogP) is 1.54. The van der Waals surface area contributed by atoms with Crippen LogP contribution in [0.1, 0.15) is 27.2 Å². The van der Waals surface area contributed by atoms with Crippen LogP contribution in [0.5, 0.6) is 0 Å². The smallest absolute Gasteiger partial charge is 0.0227 e. The van der Waals surface area contributed by atoms with E-state index in [0.717, 1.165) is 26.1 Å². The molecule has 0 amide bonds. The maximum atomic E-state index is 3.44. The molecule has 1 heterocycles. The number of hydrogen-bond donors (Lipinski definition) is 2. The molecule has 1 aliphatic heterocycles. The van der Waals surface area contributed by atoms with E-state index in [0.29, 0.717) is 6.04 Å². The van der Waals surface area contributed by atoms with E-state index in [9.17, 15) is 0 Å². The van der Waals surface area contributed by atoms with E-state index >= 15 is 0 Å². The van der Waals surface area contributed by atoms with Crippen LogP contribution < -0.4 is 10.6 Å². The van der Waals surface area contributed by atoms with Gasteiger partial charge < -0.3 is 10.6 Å². The van der Waals surface area contributed by atoms with Gasteiger partial charge in [-0.05, 0) is 13.3 Å². The fraction of sp³-hybridized carbons (Fsp3) is 0.800. The van der Waals surface area contributed by atoms with Crippen molar-refractivity contribution in [3.05, 3.63) is 12.2 Å². The van der Waals surface area contributed by atoms with Crippen molar-refractivity contribution in [3.8, 4) is 0 Å². The normalized spacial score (nSPS) is 23.4. The number of allylic oxidation sites excluding steroid dienone is 1. The molecule has 1 unspecified atom stereocenters. The maximum Gasteiger partial charge on any atom is 0.0227 e. The third-order valence-electron chi connectivity index (χ3n) is 1.78. The second-order valence-corrected chi connectivity index (χ2v) is 2.66. The number of nitrogens with one attached hydrogen (secondary N) is 2. The fourth-order valence-corrected chi connectivity index (χ4v) is 1.18. The van der Waals surface area contributed by atoms with Gasteiger partial charge in [0.05, 0.1) is 0 Å². The first kappa shape index (κ1) is 11.7. The van der Waals surface area contributed by atoms with Gasteiger partial charge in [-0.25, -0.2) is 0 Å². The molecule has 0 aliphatic carbocycles. The van der Waals surface area contributed by atoms with Crippen molar-refractivity contribution in [1.29, 1.82) is 0 Å². The Labute approximate surface area is 76.4 Å². The van der Waals surface area contributed by atoms with Crippen LogP contribution in [0, 0.1) is 0 Å². The van der Waals surface area contributed by atoms with Crippen molar-refractivity contribution >= 4 is 0 Å². The Hall–Kier alpha value is -0.340. The lowest BCUT2D eigenvalue weighted by molar-refractivity contribution is 0.421. The van der Waals surface area contributed by atoms with Crippen LogP contribution in [0.25, 0.3) is 0 Å². The summed E-state index contributed by atoms with van der Waals surface area (Å²) in [6.45, 7) is 9.41. The van der Waals surface area contributed by atoms with Crippen molar-refractivity contribution in [2.75, 3.05) is 19.6 Å². The van der Waals surface area contributed by atoms with E-state index in [4.69, 9.17) is 0 Å². The predicted molar refractivity (Wildman–Crippen MR) is 55.4 cm³/mol. The van der Waals surface area contributed by atoms with Crippen molar-refractivity contribution in [2.45, 2.75) is 33.2 Å². The third-order valence-corrected chi connectivity index (χ3v) is 1.78. The third kappa shape index (κ3) is 5.33. The minimum absolute atomic E-state index is 0.657. The lowest BCUT2D eigenvalue weighted by atomic mass is 10.1. The topological polar surface area (TPSA) is 24.1 Å². The Morgan fingerprint density at radius 1 is 1.33 bits per heavy atom. The molecule has 2 N–H and O–H groups in total. The average Bonchev–Trinajstić information content (AvgIpc) is 2.19. The van der Waals surface area contributed by atoms with Crippen LogP contribution >= 0.6 is 0 Å². The van der Waals surface area contributed by atoms with Crippen LogP contribution in [0.3, 0.4) is 0 Å². The molecule has 1 atom stereocenters. The summed E-state index contributed by atoms with van der Waals surface area (Å²) in [5, 5.41) is 6.79. The second kappa shape index (κ2) is 8.75. The van der Waals surface area contributed by atoms with Crippen LogP contribution in [0.15, 0.2) is 12.2 Å². The van der Waals surface area contributed by atoms with E-state index < -0.39 is 0 Å². The number of rotatable bonds is 2. The lowest BCUT2D eigenvalue weighted by Gasteiger charge is -2.23. The molecule has 0 spiro atoms. The van der Waals surface area contributed by atoms with E-state index in [1.165, 1.54) is 0 Å². The highest BCUT2D eigenvalue weighted by atomic mass is 15.0. The zero-order valence-electron chi connectivity index (χ0n) is 8.56. The molecular formula is C10H22N2. The Morgan fingerprint density at radius 2 is 2.08 bits per heavy atom. The van der Waals surface area contributed by atoms with Gasteiger partial charge >= 0.3 is 0 Å². The molecule has 1 fully saturated rings. The highest BCUT2D eigenvalue weighted by Gasteiger charge is 2.08. The highest BCUT2D eigenvalue weighted by molar-refractivity contribution is 4.86. The average molecular weight is 170 g/mol. The van der Waals surface area contributed by atoms with Gasteiger partial charge in [-0.3, -0.25) is 0 Å². The first-order valence-corrected chi connectivity index (χ1v) is 4.98. The first-order chi connectivity index (χ1) is 5.93. The van der Waals surface area contributed by atoms with Gasteiger partial charge in [0.2, 0.25) is 0 Å². The molecule has 1 aliphatic rings. The molecule has 0 bridgehead atoms. The molecule has 2 nitrogen and oxygen atoms in total. The largest absolute Gasteiger partial charge is 0.314 e. The van der Waals surface area contributed by atoms with Gasteiger partial charge in [-0.15, -0.1) is 0 Å². The monoisotopic (exact) mass is 170 g/mol. The molecule has 2 heteroatoms. The summed E-state index contributed by atoms with van der Waals surface area (Å²) >= 11 is 0. The molecule has 1 rings (SSSR count). The summed E-state index contributed by atoms with van der Waals surface area (Å²) in [4.78, 5) is 0. The van der Waals surface area contributed by atoms with Crippen molar-refractivity contribution in [2.24, 2.45) is 0 Å². The highest BCUT2D eigenvalue weighted by Crippen LogP contribution is 1.94. The van der Waals surface area contributed by atoms with Gasteiger partial charge in [-0.1, -0.05) is 26.0 Å². The number of piperazine rings is 1. The van der Waals surface area contributed by atoms with E-state index in [-0.39, 0.29) is 0 Å². The van der Waals surface area contributed by atoms with Gasteiger partial charge in [0, 0.05) is 25.7 Å². The summed E-state index contributed by atoms with van der Waals surface area (Å²) in [7, 11) is 0. The maximum absolute atomic E-state index is 3.44.